The van der Waals surface area contributed by atoms with Gasteiger partial charge in [0.2, 0.25) is 0 Å². The molecule has 0 saturated carbocycles. The van der Waals surface area contributed by atoms with Gasteiger partial charge in [0.25, 0.3) is 0 Å². The van der Waals surface area contributed by atoms with Gasteiger partial charge in [-0.25, -0.2) is 0 Å². The number of carbonyl (C=O) groups excluding carboxylic acids is 1. The van der Waals surface area contributed by atoms with Crippen LogP contribution < -0.4 is 11.1 Å². The van der Waals surface area contributed by atoms with Crippen LogP contribution in [0.5, 0.6) is 0 Å². The average Bonchev–Trinajstić information content (AvgIpc) is 1.82. The first-order valence-corrected chi connectivity index (χ1v) is 3.16. The zero-order valence-electron chi connectivity index (χ0n) is 5.98. The molecule has 0 aliphatic heterocycles. The highest BCUT2D eigenvalue weighted by Crippen LogP contribution is 1.80. The molecule has 54 valence electrons. The lowest BCUT2D eigenvalue weighted by Crippen LogP contribution is -2.41. The molecule has 0 aromatic heterocycles. The summed E-state index contributed by atoms with van der Waals surface area (Å²) in [4.78, 5) is 10.6. The minimum Gasteiger partial charge on any atom is -0.328 e. The molecule has 0 spiro atoms. The lowest BCUT2D eigenvalue weighted by atomic mass is 10.2. The van der Waals surface area contributed by atoms with E-state index >= 15 is 0 Å². The van der Waals surface area contributed by atoms with Crippen molar-refractivity contribution in [2.75, 3.05) is 13.1 Å². The third-order valence-corrected chi connectivity index (χ3v) is 1.18. The topological polar surface area (TPSA) is 55.1 Å². The zero-order valence-corrected chi connectivity index (χ0v) is 5.98. The Bertz CT molecular complexity index is 93.1. The number of hydrogen-bond acceptors (Lipinski definition) is 3. The number of carbonyl (C=O) groups is 1. The molecule has 0 heterocycles. The van der Waals surface area contributed by atoms with Gasteiger partial charge in [0.05, 0.1) is 6.04 Å². The zero-order chi connectivity index (χ0) is 7.28. The van der Waals surface area contributed by atoms with E-state index in [0.717, 1.165) is 6.54 Å². The summed E-state index contributed by atoms with van der Waals surface area (Å²) < 4.78 is 0. The molecule has 0 fully saturated rings. The van der Waals surface area contributed by atoms with Crippen LogP contribution in [0.4, 0.5) is 0 Å². The van der Waals surface area contributed by atoms with Gasteiger partial charge in [0, 0.05) is 6.54 Å². The smallest absolute Gasteiger partial charge is 0.147 e. The van der Waals surface area contributed by atoms with Crippen LogP contribution >= 0.6 is 0 Å². The van der Waals surface area contributed by atoms with Crippen molar-refractivity contribution in [1.82, 2.24) is 5.32 Å². The number of ketones is 1. The van der Waals surface area contributed by atoms with Gasteiger partial charge in [-0.2, -0.15) is 0 Å². The maximum absolute atomic E-state index is 10.6. The second-order valence-electron chi connectivity index (χ2n) is 1.96. The molecule has 3 nitrogen and oxygen atoms in total. The van der Waals surface area contributed by atoms with E-state index in [2.05, 4.69) is 5.32 Å². The standard InChI is InChI=1S/C6H14N2O/c1-3-8-6(4-7)5(2)9/h6,8H,3-4,7H2,1-2H3/t6-/m0/s1. The van der Waals surface area contributed by atoms with E-state index in [-0.39, 0.29) is 11.8 Å². The predicted molar refractivity (Wildman–Crippen MR) is 37.2 cm³/mol. The fourth-order valence-electron chi connectivity index (χ4n) is 0.639. The Hall–Kier alpha value is -0.410. The fourth-order valence-corrected chi connectivity index (χ4v) is 0.639. The van der Waals surface area contributed by atoms with Crippen LogP contribution in [0.1, 0.15) is 13.8 Å². The Kier molecular flexibility index (Phi) is 4.26. The summed E-state index contributed by atoms with van der Waals surface area (Å²) in [6.07, 6.45) is 0. The highest BCUT2D eigenvalue weighted by atomic mass is 16.1. The Morgan fingerprint density at radius 1 is 1.78 bits per heavy atom. The molecule has 3 N–H and O–H groups in total. The molecule has 0 aliphatic carbocycles. The van der Waals surface area contributed by atoms with Crippen molar-refractivity contribution < 1.29 is 4.79 Å². The maximum atomic E-state index is 10.6. The Morgan fingerprint density at radius 3 is 2.44 bits per heavy atom. The molecule has 0 bridgehead atoms. The maximum Gasteiger partial charge on any atom is 0.147 e. The Morgan fingerprint density at radius 2 is 2.33 bits per heavy atom. The van der Waals surface area contributed by atoms with Crippen molar-refractivity contribution >= 4 is 5.78 Å². The molecule has 3 heteroatoms. The van der Waals surface area contributed by atoms with Crippen molar-refractivity contribution in [1.29, 1.82) is 0 Å². The summed E-state index contributed by atoms with van der Waals surface area (Å²) in [7, 11) is 0. The molecular weight excluding hydrogens is 116 g/mol. The number of Topliss-reactive ketones (excluding diaryl/α,β-unsaturated/α-hetero) is 1. The van der Waals surface area contributed by atoms with Crippen molar-refractivity contribution in [3.8, 4) is 0 Å². The van der Waals surface area contributed by atoms with E-state index < -0.39 is 0 Å². The summed E-state index contributed by atoms with van der Waals surface area (Å²) in [5, 5.41) is 2.96. The van der Waals surface area contributed by atoms with Gasteiger partial charge in [-0.3, -0.25) is 4.79 Å². The van der Waals surface area contributed by atoms with Gasteiger partial charge in [0.15, 0.2) is 0 Å². The SMILES string of the molecule is CCN[C@@H](CN)C(C)=O. The van der Waals surface area contributed by atoms with Crippen molar-refractivity contribution in [2.45, 2.75) is 19.9 Å². The molecule has 0 aromatic carbocycles. The monoisotopic (exact) mass is 130 g/mol. The van der Waals surface area contributed by atoms with Gasteiger partial charge in [-0.1, -0.05) is 6.92 Å². The largest absolute Gasteiger partial charge is 0.328 e. The van der Waals surface area contributed by atoms with E-state index in [4.69, 9.17) is 5.73 Å². The fraction of sp³-hybridized carbons (Fsp3) is 0.833. The summed E-state index contributed by atoms with van der Waals surface area (Å²) in [6.45, 7) is 4.68. The number of hydrogen-bond donors (Lipinski definition) is 2. The van der Waals surface area contributed by atoms with Gasteiger partial charge >= 0.3 is 0 Å². The average molecular weight is 130 g/mol. The summed E-state index contributed by atoms with van der Waals surface area (Å²) in [5.41, 5.74) is 5.28. The highest BCUT2D eigenvalue weighted by molar-refractivity contribution is 5.81. The van der Waals surface area contributed by atoms with E-state index in [1.807, 2.05) is 6.92 Å². The van der Waals surface area contributed by atoms with Crippen LogP contribution in [-0.4, -0.2) is 24.9 Å². The second kappa shape index (κ2) is 4.47. The first-order chi connectivity index (χ1) is 4.22. The first kappa shape index (κ1) is 8.59. The number of nitrogens with two attached hydrogens (primary N) is 1. The van der Waals surface area contributed by atoms with Crippen LogP contribution in [-0.2, 0) is 4.79 Å². The van der Waals surface area contributed by atoms with E-state index in [1.165, 1.54) is 0 Å². The lowest BCUT2D eigenvalue weighted by molar-refractivity contribution is -0.118. The van der Waals surface area contributed by atoms with Crippen LogP contribution in [0.2, 0.25) is 0 Å². The normalized spacial score (nSPS) is 13.2. The summed E-state index contributed by atoms with van der Waals surface area (Å²) >= 11 is 0. The molecule has 0 radical (unpaired) electrons. The minimum atomic E-state index is -0.144. The number of nitrogens with one attached hydrogen (secondary N) is 1. The molecule has 0 amide bonds. The third-order valence-electron chi connectivity index (χ3n) is 1.18. The second-order valence-corrected chi connectivity index (χ2v) is 1.96. The Balaban J connectivity index is 3.54. The quantitative estimate of drug-likeness (QED) is 0.540. The van der Waals surface area contributed by atoms with E-state index in [1.54, 1.807) is 6.92 Å². The highest BCUT2D eigenvalue weighted by Gasteiger charge is 2.07. The molecule has 0 aliphatic rings. The van der Waals surface area contributed by atoms with Crippen molar-refractivity contribution in [3.63, 3.8) is 0 Å². The van der Waals surface area contributed by atoms with Crippen molar-refractivity contribution in [3.05, 3.63) is 0 Å². The van der Waals surface area contributed by atoms with Gasteiger partial charge < -0.3 is 11.1 Å². The van der Waals surface area contributed by atoms with Gasteiger partial charge in [-0.15, -0.1) is 0 Å². The molecule has 0 aromatic rings. The van der Waals surface area contributed by atoms with Crippen LogP contribution in [0, 0.1) is 0 Å². The van der Waals surface area contributed by atoms with Crippen LogP contribution in [0.25, 0.3) is 0 Å². The van der Waals surface area contributed by atoms with Crippen molar-refractivity contribution in [2.24, 2.45) is 5.73 Å². The van der Waals surface area contributed by atoms with Gasteiger partial charge in [-0.05, 0) is 13.5 Å². The third kappa shape index (κ3) is 3.21. The van der Waals surface area contributed by atoms with Crippen LogP contribution in [0.15, 0.2) is 0 Å². The first-order valence-electron chi connectivity index (χ1n) is 3.16. The van der Waals surface area contributed by atoms with E-state index in [0.29, 0.717) is 6.54 Å². The predicted octanol–water partition coefficient (Wildman–Crippen LogP) is -0.488. The number of rotatable bonds is 4. The summed E-state index contributed by atoms with van der Waals surface area (Å²) in [6, 6.07) is -0.144. The molecule has 0 rings (SSSR count). The molecule has 0 saturated heterocycles. The van der Waals surface area contributed by atoms with Gasteiger partial charge in [0.1, 0.15) is 5.78 Å². The molecule has 1 atom stereocenters. The molecular formula is C6H14N2O. The molecule has 0 unspecified atom stereocenters. The lowest BCUT2D eigenvalue weighted by Gasteiger charge is -2.10. The number of likely N-dealkylation sites (N-methyl/N-ethyl adjacent to an activating group) is 1. The molecule has 9 heavy (non-hydrogen) atoms. The van der Waals surface area contributed by atoms with Crippen LogP contribution in [0.3, 0.4) is 0 Å². The summed E-state index contributed by atoms with van der Waals surface area (Å²) in [5.74, 6) is 0.111. The Labute approximate surface area is 55.6 Å². The van der Waals surface area contributed by atoms with E-state index in [9.17, 15) is 4.79 Å². The minimum absolute atomic E-state index is 0.111.